The normalized spacial score (nSPS) is 12.8. The molecule has 1 heterocycles. The van der Waals surface area contributed by atoms with Crippen molar-refractivity contribution >= 4 is 62.9 Å². The Morgan fingerprint density at radius 1 is 0.755 bits per heavy atom. The molecule has 0 saturated carbocycles. The van der Waals surface area contributed by atoms with Crippen LogP contribution in [-0.4, -0.2) is 30.9 Å². The summed E-state index contributed by atoms with van der Waals surface area (Å²) in [6, 6.07) is 34.4. The van der Waals surface area contributed by atoms with Crippen molar-refractivity contribution in [1.29, 1.82) is 0 Å². The highest BCUT2D eigenvalue weighted by Crippen LogP contribution is 2.38. The fourth-order valence-corrected chi connectivity index (χ4v) is 6.19. The molecule has 8 nitrogen and oxygen atoms in total. The molecule has 0 fully saturated rings. The van der Waals surface area contributed by atoms with Gasteiger partial charge in [-0.1, -0.05) is 70.5 Å². The van der Waals surface area contributed by atoms with Gasteiger partial charge in [-0.25, -0.2) is 4.39 Å². The van der Waals surface area contributed by atoms with Gasteiger partial charge in [-0.15, -0.1) is 11.8 Å². The third-order valence-corrected chi connectivity index (χ3v) is 9.10. The Balaban J connectivity index is 1.18. The Bertz CT molecular complexity index is 2010. The molecule has 1 aliphatic heterocycles. The van der Waals surface area contributed by atoms with Crippen LogP contribution in [0.1, 0.15) is 26.7 Å². The number of benzene rings is 5. The minimum absolute atomic E-state index is 0.0750. The molecule has 5 aromatic rings. The van der Waals surface area contributed by atoms with E-state index in [1.165, 1.54) is 36.0 Å². The lowest BCUT2D eigenvalue weighted by molar-refractivity contribution is -0.116. The Morgan fingerprint density at radius 3 is 2.16 bits per heavy atom. The highest BCUT2D eigenvalue weighted by atomic mass is 79.9. The fraction of sp³-hybridized carbons (Fsp3) is 0.0789. The van der Waals surface area contributed by atoms with E-state index in [0.29, 0.717) is 41.7 Å². The van der Waals surface area contributed by atoms with Crippen molar-refractivity contribution in [3.05, 3.63) is 154 Å². The van der Waals surface area contributed by atoms with E-state index in [0.717, 1.165) is 14.9 Å². The quantitative estimate of drug-likeness (QED) is 0.0985. The molecule has 1 atom stereocenters. The fourth-order valence-electron chi connectivity index (χ4n) is 4.90. The second kappa shape index (κ2) is 15.7. The summed E-state index contributed by atoms with van der Waals surface area (Å²) in [5, 5.41) is 7.76. The molecule has 0 aliphatic carbocycles. The average molecular weight is 739 g/mol. The first-order valence-corrected chi connectivity index (χ1v) is 16.9. The number of rotatable bonds is 10. The number of ether oxygens (including phenoxy) is 2. The highest BCUT2D eigenvalue weighted by Gasteiger charge is 2.24. The molecule has 6 rings (SSSR count). The summed E-state index contributed by atoms with van der Waals surface area (Å²) >= 11 is 4.74. The van der Waals surface area contributed by atoms with E-state index in [9.17, 15) is 18.8 Å². The predicted octanol–water partition coefficient (Wildman–Crippen LogP) is 8.24. The summed E-state index contributed by atoms with van der Waals surface area (Å²) in [4.78, 5) is 40.8. The first kappa shape index (κ1) is 33.5. The van der Waals surface area contributed by atoms with Gasteiger partial charge in [0.05, 0.1) is 5.56 Å². The molecule has 3 N–H and O–H groups in total. The molecule has 11 heteroatoms. The first-order valence-electron chi connectivity index (χ1n) is 15.2. The minimum Gasteiger partial charge on any atom is -0.486 e. The van der Waals surface area contributed by atoms with Crippen molar-refractivity contribution in [3.63, 3.8) is 0 Å². The number of anilines is 2. The largest absolute Gasteiger partial charge is 0.486 e. The number of hydrogen-bond donors (Lipinski definition) is 3. The van der Waals surface area contributed by atoms with Gasteiger partial charge in [0.2, 0.25) is 5.91 Å². The van der Waals surface area contributed by atoms with E-state index < -0.39 is 22.9 Å². The van der Waals surface area contributed by atoms with Crippen LogP contribution in [0.4, 0.5) is 15.8 Å². The van der Waals surface area contributed by atoms with Crippen LogP contribution in [-0.2, 0) is 9.59 Å². The molecule has 5 aromatic carbocycles. The van der Waals surface area contributed by atoms with Gasteiger partial charge in [0.1, 0.15) is 30.0 Å². The van der Waals surface area contributed by atoms with Crippen LogP contribution in [0.2, 0.25) is 0 Å². The Morgan fingerprint density at radius 2 is 1.43 bits per heavy atom. The van der Waals surface area contributed by atoms with Crippen LogP contribution in [0.25, 0.3) is 6.08 Å². The van der Waals surface area contributed by atoms with Crippen molar-refractivity contribution in [2.45, 2.75) is 10.1 Å². The molecule has 1 unspecified atom stereocenters. The van der Waals surface area contributed by atoms with E-state index in [-0.39, 0.29) is 17.2 Å². The summed E-state index contributed by atoms with van der Waals surface area (Å²) in [6.45, 7) is 0.915. The van der Waals surface area contributed by atoms with E-state index in [1.807, 2.05) is 30.3 Å². The van der Waals surface area contributed by atoms with Crippen LogP contribution in [0.3, 0.4) is 0 Å². The van der Waals surface area contributed by atoms with Gasteiger partial charge in [-0.3, -0.25) is 14.4 Å². The smallest absolute Gasteiger partial charge is 0.272 e. The molecule has 1 aliphatic rings. The van der Waals surface area contributed by atoms with Crippen molar-refractivity contribution in [3.8, 4) is 11.5 Å². The van der Waals surface area contributed by atoms with E-state index >= 15 is 0 Å². The minimum atomic E-state index is -0.759. The summed E-state index contributed by atoms with van der Waals surface area (Å²) in [5.74, 6) is -1.08. The van der Waals surface area contributed by atoms with Crippen molar-refractivity contribution < 1.29 is 28.2 Å². The summed E-state index contributed by atoms with van der Waals surface area (Å²) in [5.41, 5.74) is 2.23. The maximum atomic E-state index is 14.3. The number of fused-ring (bicyclic) bond motifs is 1. The molecule has 0 saturated heterocycles. The molecular weight excluding hydrogens is 709 g/mol. The summed E-state index contributed by atoms with van der Waals surface area (Å²) < 4.78 is 26.4. The van der Waals surface area contributed by atoms with Crippen molar-refractivity contribution in [2.24, 2.45) is 0 Å². The van der Waals surface area contributed by atoms with Crippen LogP contribution in [0, 0.1) is 5.82 Å². The lowest BCUT2D eigenvalue weighted by Gasteiger charge is -2.20. The zero-order valence-corrected chi connectivity index (χ0v) is 28.2. The molecule has 0 radical (unpaired) electrons. The van der Waals surface area contributed by atoms with Gasteiger partial charge >= 0.3 is 0 Å². The number of halogens is 2. The van der Waals surface area contributed by atoms with Gasteiger partial charge in [-0.2, -0.15) is 0 Å². The lowest BCUT2D eigenvalue weighted by Crippen LogP contribution is -2.31. The van der Waals surface area contributed by atoms with E-state index in [1.54, 1.807) is 72.8 Å². The number of nitrogens with one attached hydrogen (secondary N) is 3. The maximum Gasteiger partial charge on any atom is 0.272 e. The predicted molar refractivity (Wildman–Crippen MR) is 192 cm³/mol. The zero-order valence-electron chi connectivity index (χ0n) is 25.8. The SMILES string of the molecule is O=C(Nc1ccc(SC(C(=O)Nc2ccc3c(c2)OCCO3)c2ccccc2)cc1)/C(=C\c1ccc(Br)cc1)NC(=O)c1ccccc1F. The van der Waals surface area contributed by atoms with Crippen molar-refractivity contribution in [2.75, 3.05) is 23.8 Å². The van der Waals surface area contributed by atoms with Crippen LogP contribution in [0.5, 0.6) is 11.5 Å². The second-order valence-corrected chi connectivity index (χ2v) is 12.9. The lowest BCUT2D eigenvalue weighted by atomic mass is 10.1. The van der Waals surface area contributed by atoms with Crippen LogP contribution < -0.4 is 25.4 Å². The average Bonchev–Trinajstić information content (AvgIpc) is 3.12. The topological polar surface area (TPSA) is 106 Å². The van der Waals surface area contributed by atoms with E-state index in [2.05, 4.69) is 31.9 Å². The van der Waals surface area contributed by atoms with Crippen LogP contribution in [0.15, 0.2) is 136 Å². The number of carbonyl (C=O) groups is 3. The summed E-state index contributed by atoms with van der Waals surface area (Å²) in [7, 11) is 0. The molecule has 49 heavy (non-hydrogen) atoms. The van der Waals surface area contributed by atoms with Gasteiger partial charge in [-0.05, 0) is 77.9 Å². The third kappa shape index (κ3) is 8.75. The van der Waals surface area contributed by atoms with Gasteiger partial charge in [0, 0.05) is 26.8 Å². The third-order valence-electron chi connectivity index (χ3n) is 7.31. The molecule has 0 bridgehead atoms. The highest BCUT2D eigenvalue weighted by molar-refractivity contribution is 9.10. The van der Waals surface area contributed by atoms with Gasteiger partial charge in [0.25, 0.3) is 11.8 Å². The maximum absolute atomic E-state index is 14.3. The Kier molecular flexibility index (Phi) is 10.7. The molecule has 246 valence electrons. The number of amides is 3. The van der Waals surface area contributed by atoms with Crippen molar-refractivity contribution in [1.82, 2.24) is 5.32 Å². The second-order valence-electron chi connectivity index (χ2n) is 10.8. The first-order chi connectivity index (χ1) is 23.8. The monoisotopic (exact) mass is 737 g/mol. The number of hydrogen-bond acceptors (Lipinski definition) is 6. The summed E-state index contributed by atoms with van der Waals surface area (Å²) in [6.07, 6.45) is 1.51. The van der Waals surface area contributed by atoms with Crippen LogP contribution >= 0.6 is 27.7 Å². The van der Waals surface area contributed by atoms with E-state index in [4.69, 9.17) is 9.47 Å². The Hall–Kier alpha value is -5.39. The van der Waals surface area contributed by atoms with Gasteiger partial charge < -0.3 is 25.4 Å². The molecular formula is C38H29BrFN3O5S. The Labute approximate surface area is 294 Å². The molecule has 0 spiro atoms. The number of carbonyl (C=O) groups excluding carboxylic acids is 3. The number of thioether (sulfide) groups is 1. The zero-order chi connectivity index (χ0) is 34.2. The molecule has 3 amide bonds. The van der Waals surface area contributed by atoms with Gasteiger partial charge in [0.15, 0.2) is 11.5 Å². The molecule has 0 aromatic heterocycles. The standard InChI is InChI=1S/C38H29BrFN3O5S/c39-26-12-10-24(11-13-26)22-32(43-36(44)30-8-4-5-9-31(30)40)37(45)41-27-14-17-29(18-15-27)49-35(25-6-2-1-3-7-25)38(46)42-28-16-19-33-34(23-28)48-21-20-47-33/h1-19,22-23,35H,20-21H2,(H,41,45)(H,42,46)(H,43,44)/b32-22+.